The summed E-state index contributed by atoms with van der Waals surface area (Å²) in [5.74, 6) is 0.139. The number of halogens is 1. The van der Waals surface area contributed by atoms with Gasteiger partial charge in [-0.25, -0.2) is 0 Å². The summed E-state index contributed by atoms with van der Waals surface area (Å²) in [5.41, 5.74) is 6.80. The number of hydrogen-bond donors (Lipinski definition) is 2. The van der Waals surface area contributed by atoms with Gasteiger partial charge in [0.2, 0.25) is 5.91 Å². The topological polar surface area (TPSA) is 68.0 Å². The van der Waals surface area contributed by atoms with Crippen molar-refractivity contribution in [1.82, 2.24) is 10.3 Å². The predicted molar refractivity (Wildman–Crippen MR) is 75.6 cm³/mol. The monoisotopic (exact) mass is 271 g/mol. The third-order valence-corrected chi connectivity index (χ3v) is 2.97. The molecule has 0 aliphatic carbocycles. The van der Waals surface area contributed by atoms with Gasteiger partial charge in [-0.2, -0.15) is 0 Å². The van der Waals surface area contributed by atoms with Gasteiger partial charge in [0.05, 0.1) is 6.04 Å². The molecule has 1 aromatic rings. The van der Waals surface area contributed by atoms with Crippen molar-refractivity contribution in [3.05, 3.63) is 30.1 Å². The SMILES string of the molecule is CCC(C)C(N)C(=O)NCCc1ccccn1.Cl. The minimum atomic E-state index is -0.413. The van der Waals surface area contributed by atoms with Gasteiger partial charge in [0.1, 0.15) is 0 Å². The zero-order valence-electron chi connectivity index (χ0n) is 10.9. The molecule has 0 aliphatic rings. The van der Waals surface area contributed by atoms with Crippen LogP contribution in [0.4, 0.5) is 0 Å². The van der Waals surface area contributed by atoms with Crippen LogP contribution in [0.15, 0.2) is 24.4 Å². The summed E-state index contributed by atoms with van der Waals surface area (Å²) >= 11 is 0. The highest BCUT2D eigenvalue weighted by Crippen LogP contribution is 2.04. The molecule has 18 heavy (non-hydrogen) atoms. The number of rotatable bonds is 6. The molecule has 0 radical (unpaired) electrons. The largest absolute Gasteiger partial charge is 0.354 e. The van der Waals surface area contributed by atoms with Crippen molar-refractivity contribution in [2.45, 2.75) is 32.7 Å². The van der Waals surface area contributed by atoms with E-state index in [1.807, 2.05) is 32.0 Å². The Labute approximate surface area is 115 Å². The van der Waals surface area contributed by atoms with Crippen molar-refractivity contribution in [2.75, 3.05) is 6.54 Å². The number of nitrogens with one attached hydrogen (secondary N) is 1. The Kier molecular flexibility index (Phi) is 8.33. The summed E-state index contributed by atoms with van der Waals surface area (Å²) < 4.78 is 0. The molecule has 2 atom stereocenters. The highest BCUT2D eigenvalue weighted by atomic mass is 35.5. The lowest BCUT2D eigenvalue weighted by Gasteiger charge is -2.17. The fraction of sp³-hybridized carbons (Fsp3) is 0.538. The molecule has 1 aromatic heterocycles. The van der Waals surface area contributed by atoms with Crippen LogP contribution in [-0.2, 0) is 11.2 Å². The highest BCUT2D eigenvalue weighted by molar-refractivity contribution is 5.85. The second-order valence-corrected chi connectivity index (χ2v) is 4.27. The molecule has 1 amide bonds. The maximum Gasteiger partial charge on any atom is 0.237 e. The zero-order valence-corrected chi connectivity index (χ0v) is 11.7. The number of hydrogen-bond acceptors (Lipinski definition) is 3. The third kappa shape index (κ3) is 5.47. The van der Waals surface area contributed by atoms with E-state index >= 15 is 0 Å². The number of carbonyl (C=O) groups excluding carboxylic acids is 1. The summed E-state index contributed by atoms with van der Waals surface area (Å²) in [6.07, 6.45) is 3.40. The van der Waals surface area contributed by atoms with Gasteiger partial charge in [-0.15, -0.1) is 12.4 Å². The number of nitrogens with zero attached hydrogens (tertiary/aromatic N) is 1. The molecule has 0 aliphatic heterocycles. The van der Waals surface area contributed by atoms with Crippen molar-refractivity contribution in [3.8, 4) is 0 Å². The molecule has 0 bridgehead atoms. The molecule has 0 saturated carbocycles. The normalized spacial score (nSPS) is 13.3. The van der Waals surface area contributed by atoms with Crippen LogP contribution < -0.4 is 11.1 Å². The van der Waals surface area contributed by atoms with E-state index in [1.54, 1.807) is 6.20 Å². The van der Waals surface area contributed by atoms with E-state index in [1.165, 1.54) is 0 Å². The van der Waals surface area contributed by atoms with Gasteiger partial charge in [-0.3, -0.25) is 9.78 Å². The van der Waals surface area contributed by atoms with Crippen LogP contribution in [0.5, 0.6) is 0 Å². The molecule has 0 fully saturated rings. The molecule has 2 unspecified atom stereocenters. The summed E-state index contributed by atoms with van der Waals surface area (Å²) in [7, 11) is 0. The Balaban J connectivity index is 0.00000289. The first-order valence-corrected chi connectivity index (χ1v) is 6.08. The number of carbonyl (C=O) groups is 1. The van der Waals surface area contributed by atoms with Crippen molar-refractivity contribution < 1.29 is 4.79 Å². The van der Waals surface area contributed by atoms with Crippen LogP contribution in [0.1, 0.15) is 26.0 Å². The van der Waals surface area contributed by atoms with Crippen LogP contribution >= 0.6 is 12.4 Å². The molecular formula is C13H22ClN3O. The molecule has 102 valence electrons. The standard InChI is InChI=1S/C13H21N3O.ClH/c1-3-10(2)12(14)13(17)16-9-7-11-6-4-5-8-15-11;/h4-6,8,10,12H,3,7,9,14H2,1-2H3,(H,16,17);1H. The van der Waals surface area contributed by atoms with Gasteiger partial charge in [-0.05, 0) is 18.1 Å². The zero-order chi connectivity index (χ0) is 12.7. The number of aromatic nitrogens is 1. The molecular weight excluding hydrogens is 250 g/mol. The Morgan fingerprint density at radius 3 is 2.78 bits per heavy atom. The second kappa shape index (κ2) is 8.89. The lowest BCUT2D eigenvalue weighted by Crippen LogP contribution is -2.45. The fourth-order valence-corrected chi connectivity index (χ4v) is 1.49. The van der Waals surface area contributed by atoms with Crippen molar-refractivity contribution in [2.24, 2.45) is 11.7 Å². The molecule has 1 rings (SSSR count). The molecule has 0 spiro atoms. The van der Waals surface area contributed by atoms with E-state index in [0.29, 0.717) is 6.54 Å². The van der Waals surface area contributed by atoms with Crippen molar-refractivity contribution in [1.29, 1.82) is 0 Å². The first-order chi connectivity index (χ1) is 8.15. The number of amides is 1. The van der Waals surface area contributed by atoms with E-state index in [4.69, 9.17) is 5.73 Å². The molecule has 0 saturated heterocycles. The average molecular weight is 272 g/mol. The van der Waals surface area contributed by atoms with Crippen molar-refractivity contribution >= 4 is 18.3 Å². The molecule has 5 heteroatoms. The summed E-state index contributed by atoms with van der Waals surface area (Å²) in [5, 5.41) is 2.84. The third-order valence-electron chi connectivity index (χ3n) is 2.97. The van der Waals surface area contributed by atoms with E-state index in [-0.39, 0.29) is 24.2 Å². The number of nitrogens with two attached hydrogens (primary N) is 1. The van der Waals surface area contributed by atoms with E-state index in [0.717, 1.165) is 18.5 Å². The van der Waals surface area contributed by atoms with Gasteiger partial charge in [0.25, 0.3) is 0 Å². The molecule has 0 aromatic carbocycles. The molecule has 1 heterocycles. The second-order valence-electron chi connectivity index (χ2n) is 4.27. The molecule has 4 nitrogen and oxygen atoms in total. The van der Waals surface area contributed by atoms with Crippen LogP contribution in [0, 0.1) is 5.92 Å². The predicted octanol–water partition coefficient (Wildman–Crippen LogP) is 1.54. The van der Waals surface area contributed by atoms with Gasteiger partial charge >= 0.3 is 0 Å². The number of pyridine rings is 1. The quantitative estimate of drug-likeness (QED) is 0.825. The summed E-state index contributed by atoms with van der Waals surface area (Å²) in [6, 6.07) is 5.35. The van der Waals surface area contributed by atoms with Crippen LogP contribution in [0.3, 0.4) is 0 Å². The van der Waals surface area contributed by atoms with Gasteiger partial charge in [-0.1, -0.05) is 26.3 Å². The van der Waals surface area contributed by atoms with E-state index in [9.17, 15) is 4.79 Å². The first-order valence-electron chi connectivity index (χ1n) is 6.08. The average Bonchev–Trinajstić information content (AvgIpc) is 2.38. The summed E-state index contributed by atoms with van der Waals surface area (Å²) in [6.45, 7) is 4.61. The Bertz CT molecular complexity index is 345. The van der Waals surface area contributed by atoms with E-state index < -0.39 is 6.04 Å². The van der Waals surface area contributed by atoms with Crippen molar-refractivity contribution in [3.63, 3.8) is 0 Å². The van der Waals surface area contributed by atoms with Crippen LogP contribution in [-0.4, -0.2) is 23.5 Å². The lowest BCUT2D eigenvalue weighted by atomic mass is 9.99. The van der Waals surface area contributed by atoms with Crippen LogP contribution in [0.25, 0.3) is 0 Å². The fourth-order valence-electron chi connectivity index (χ4n) is 1.49. The summed E-state index contributed by atoms with van der Waals surface area (Å²) in [4.78, 5) is 15.9. The van der Waals surface area contributed by atoms with E-state index in [2.05, 4.69) is 10.3 Å². The minimum Gasteiger partial charge on any atom is -0.354 e. The smallest absolute Gasteiger partial charge is 0.237 e. The van der Waals surface area contributed by atoms with Gasteiger partial charge in [0, 0.05) is 24.9 Å². The maximum absolute atomic E-state index is 11.7. The Morgan fingerprint density at radius 1 is 1.50 bits per heavy atom. The van der Waals surface area contributed by atoms with Gasteiger partial charge < -0.3 is 11.1 Å². The Morgan fingerprint density at radius 2 is 2.22 bits per heavy atom. The maximum atomic E-state index is 11.7. The first kappa shape index (κ1) is 16.9. The Hall–Kier alpha value is -1.13. The minimum absolute atomic E-state index is 0. The molecule has 3 N–H and O–H groups in total. The van der Waals surface area contributed by atoms with Gasteiger partial charge in [0.15, 0.2) is 0 Å². The van der Waals surface area contributed by atoms with Crippen LogP contribution in [0.2, 0.25) is 0 Å². The lowest BCUT2D eigenvalue weighted by molar-refractivity contribution is -0.123. The highest BCUT2D eigenvalue weighted by Gasteiger charge is 2.18.